The zero-order valence-electron chi connectivity index (χ0n) is 14.5. The number of fused-ring (bicyclic) bond motifs is 1. The molecule has 0 spiro atoms. The van der Waals surface area contributed by atoms with Gasteiger partial charge in [-0.1, -0.05) is 17.3 Å². The summed E-state index contributed by atoms with van der Waals surface area (Å²) in [7, 11) is 0. The van der Waals surface area contributed by atoms with Crippen LogP contribution in [0.5, 0.6) is 11.5 Å². The molecule has 0 amide bonds. The van der Waals surface area contributed by atoms with Crippen LogP contribution in [-0.4, -0.2) is 35.1 Å². The molecule has 1 aliphatic rings. The van der Waals surface area contributed by atoms with E-state index in [0.29, 0.717) is 19.0 Å². The highest BCUT2D eigenvalue weighted by atomic mass is 19.1. The number of benzene rings is 2. The molecule has 0 radical (unpaired) electrons. The van der Waals surface area contributed by atoms with Crippen molar-refractivity contribution in [3.05, 3.63) is 78.6 Å². The van der Waals surface area contributed by atoms with E-state index < -0.39 is 0 Å². The Bertz CT molecular complexity index is 910. The van der Waals surface area contributed by atoms with E-state index >= 15 is 0 Å². The van der Waals surface area contributed by atoms with Gasteiger partial charge >= 0.3 is 0 Å². The van der Waals surface area contributed by atoms with E-state index in [2.05, 4.69) is 10.1 Å². The van der Waals surface area contributed by atoms with Gasteiger partial charge in [-0.05, 0) is 36.4 Å². The molecule has 0 fully saturated rings. The molecule has 1 unspecified atom stereocenters. The summed E-state index contributed by atoms with van der Waals surface area (Å²) >= 11 is 0. The van der Waals surface area contributed by atoms with Crippen molar-refractivity contribution in [3.8, 4) is 11.5 Å². The lowest BCUT2D eigenvalue weighted by atomic mass is 10.00. The second-order valence-electron chi connectivity index (χ2n) is 5.94. The lowest BCUT2D eigenvalue weighted by Crippen LogP contribution is -2.31. The highest BCUT2D eigenvalue weighted by Crippen LogP contribution is 2.30. The van der Waals surface area contributed by atoms with Crippen LogP contribution in [0.4, 0.5) is 4.39 Å². The van der Waals surface area contributed by atoms with Crippen LogP contribution in [0.25, 0.3) is 0 Å². The first-order valence-electron chi connectivity index (χ1n) is 8.59. The second-order valence-corrected chi connectivity index (χ2v) is 5.94. The Morgan fingerprint density at radius 1 is 1.15 bits per heavy atom. The Morgan fingerprint density at radius 2 is 2.00 bits per heavy atom. The number of hydrogen-bond acceptors (Lipinski definition) is 5. The van der Waals surface area contributed by atoms with E-state index in [4.69, 9.17) is 14.3 Å². The molecule has 2 aromatic carbocycles. The van der Waals surface area contributed by atoms with E-state index in [1.54, 1.807) is 24.7 Å². The normalized spacial score (nSPS) is 17.2. The van der Waals surface area contributed by atoms with Gasteiger partial charge in [-0.2, -0.15) is 0 Å². The largest absolute Gasteiger partial charge is 0.490 e. The molecule has 0 saturated heterocycles. The van der Waals surface area contributed by atoms with E-state index in [1.165, 1.54) is 12.1 Å². The van der Waals surface area contributed by atoms with Gasteiger partial charge in [-0.3, -0.25) is 0 Å². The molecule has 4 rings (SSSR count). The van der Waals surface area contributed by atoms with Crippen molar-refractivity contribution in [1.82, 2.24) is 9.55 Å². The third-order valence-electron chi connectivity index (χ3n) is 4.18. The summed E-state index contributed by atoms with van der Waals surface area (Å²) in [4.78, 5) is 9.61. The number of aromatic nitrogens is 2. The van der Waals surface area contributed by atoms with Gasteiger partial charge in [0.2, 0.25) is 0 Å². The van der Waals surface area contributed by atoms with Crippen molar-refractivity contribution < 1.29 is 18.7 Å². The highest BCUT2D eigenvalue weighted by molar-refractivity contribution is 6.06. The Morgan fingerprint density at radius 3 is 2.81 bits per heavy atom. The number of para-hydroxylation sites is 1. The molecular weight excluding hydrogens is 349 g/mol. The number of oxime groups is 1. The van der Waals surface area contributed by atoms with Crippen LogP contribution in [-0.2, 0) is 4.84 Å². The first-order chi connectivity index (χ1) is 13.3. The molecule has 6 nitrogen and oxygen atoms in total. The van der Waals surface area contributed by atoms with Gasteiger partial charge < -0.3 is 18.9 Å². The smallest absolute Gasteiger partial charge is 0.151 e. The molecule has 0 bridgehead atoms. The van der Waals surface area contributed by atoms with Gasteiger partial charge in [-0.25, -0.2) is 9.37 Å². The lowest BCUT2D eigenvalue weighted by molar-refractivity contribution is 0.105. The monoisotopic (exact) mass is 367 g/mol. The van der Waals surface area contributed by atoms with Crippen LogP contribution < -0.4 is 9.47 Å². The van der Waals surface area contributed by atoms with Gasteiger partial charge in [0, 0.05) is 18.0 Å². The zero-order chi connectivity index (χ0) is 18.5. The molecular formula is C20H18FN3O3. The minimum absolute atomic E-state index is 0.125. The summed E-state index contributed by atoms with van der Waals surface area (Å²) in [5.41, 5.74) is 1.67. The molecule has 1 aromatic heterocycles. The minimum atomic E-state index is -0.297. The Kier molecular flexibility index (Phi) is 5.00. The molecule has 0 saturated carbocycles. The number of rotatable bonds is 6. The number of halogens is 1. The van der Waals surface area contributed by atoms with Crippen molar-refractivity contribution in [3.63, 3.8) is 0 Å². The average Bonchev–Trinajstić information content (AvgIpc) is 3.23. The Hall–Kier alpha value is -3.35. The maximum Gasteiger partial charge on any atom is 0.151 e. The number of imidazole rings is 1. The summed E-state index contributed by atoms with van der Waals surface area (Å²) in [5.74, 6) is 1.06. The molecule has 7 heteroatoms. The third-order valence-corrected chi connectivity index (χ3v) is 4.18. The Labute approximate surface area is 155 Å². The zero-order valence-corrected chi connectivity index (χ0v) is 14.5. The number of ether oxygens (including phenoxy) is 2. The molecule has 1 atom stereocenters. The first kappa shape index (κ1) is 17.1. The van der Waals surface area contributed by atoms with Crippen LogP contribution in [0.2, 0.25) is 0 Å². The first-order valence-corrected chi connectivity index (χ1v) is 8.59. The van der Waals surface area contributed by atoms with Crippen molar-refractivity contribution >= 4 is 5.71 Å². The van der Waals surface area contributed by atoms with E-state index in [0.717, 1.165) is 17.0 Å². The maximum absolute atomic E-state index is 12.9. The molecule has 138 valence electrons. The lowest BCUT2D eigenvalue weighted by Gasteiger charge is -2.27. The standard InChI is InChI=1S/C20H18FN3O3/c21-15-5-7-16(8-6-15)25-11-12-27-23-20-17-3-1-2-4-19(17)26-13-18(20)24-10-9-22-14-24/h1-10,14,18H,11-13H2/b23-20+. The molecule has 27 heavy (non-hydrogen) atoms. The van der Waals surface area contributed by atoms with Crippen LogP contribution in [0, 0.1) is 5.82 Å². The highest BCUT2D eigenvalue weighted by Gasteiger charge is 2.28. The van der Waals surface area contributed by atoms with E-state index in [-0.39, 0.29) is 18.5 Å². The summed E-state index contributed by atoms with van der Waals surface area (Å²) < 4.78 is 26.2. The Balaban J connectivity index is 1.44. The molecule has 2 heterocycles. The summed E-state index contributed by atoms with van der Waals surface area (Å²) in [6.45, 7) is 1.01. The second kappa shape index (κ2) is 7.90. The maximum atomic E-state index is 12.9. The van der Waals surface area contributed by atoms with Gasteiger partial charge in [0.1, 0.15) is 42.3 Å². The summed E-state index contributed by atoms with van der Waals surface area (Å²) in [5, 5.41) is 4.36. The molecule has 0 N–H and O–H groups in total. The van der Waals surface area contributed by atoms with Crippen LogP contribution in [0.3, 0.4) is 0 Å². The predicted molar refractivity (Wildman–Crippen MR) is 97.6 cm³/mol. The number of hydrogen-bond donors (Lipinski definition) is 0. The summed E-state index contributed by atoms with van der Waals surface area (Å²) in [6, 6.07) is 13.5. The van der Waals surface area contributed by atoms with Gasteiger partial charge in [0.25, 0.3) is 0 Å². The predicted octanol–water partition coefficient (Wildman–Crippen LogP) is 3.46. The van der Waals surface area contributed by atoms with Crippen molar-refractivity contribution in [2.45, 2.75) is 6.04 Å². The van der Waals surface area contributed by atoms with Crippen molar-refractivity contribution in [2.24, 2.45) is 5.16 Å². The third kappa shape index (κ3) is 3.92. The SMILES string of the molecule is Fc1ccc(OCCO/N=C2\c3ccccc3OCC2n2ccnc2)cc1. The fraction of sp³-hybridized carbons (Fsp3) is 0.200. The fourth-order valence-corrected chi connectivity index (χ4v) is 2.87. The fourth-order valence-electron chi connectivity index (χ4n) is 2.87. The van der Waals surface area contributed by atoms with Gasteiger partial charge in [-0.15, -0.1) is 0 Å². The average molecular weight is 367 g/mol. The molecule has 0 aliphatic carbocycles. The topological polar surface area (TPSA) is 57.9 Å². The van der Waals surface area contributed by atoms with E-state index in [1.807, 2.05) is 35.0 Å². The quantitative estimate of drug-likeness (QED) is 0.495. The van der Waals surface area contributed by atoms with E-state index in [9.17, 15) is 4.39 Å². The van der Waals surface area contributed by atoms with Crippen LogP contribution in [0.15, 0.2) is 72.4 Å². The molecule has 3 aromatic rings. The van der Waals surface area contributed by atoms with Gasteiger partial charge in [0.05, 0.1) is 6.33 Å². The summed E-state index contributed by atoms with van der Waals surface area (Å²) in [6.07, 6.45) is 5.32. The molecule has 1 aliphatic heterocycles. The van der Waals surface area contributed by atoms with Crippen LogP contribution in [0.1, 0.15) is 11.6 Å². The van der Waals surface area contributed by atoms with Crippen molar-refractivity contribution in [1.29, 1.82) is 0 Å². The van der Waals surface area contributed by atoms with Crippen LogP contribution >= 0.6 is 0 Å². The van der Waals surface area contributed by atoms with Gasteiger partial charge in [0.15, 0.2) is 6.61 Å². The van der Waals surface area contributed by atoms with Crippen molar-refractivity contribution in [2.75, 3.05) is 19.8 Å². The minimum Gasteiger partial charge on any atom is -0.490 e. The number of nitrogens with zero attached hydrogens (tertiary/aromatic N) is 3.